The summed E-state index contributed by atoms with van der Waals surface area (Å²) in [6.07, 6.45) is 5.66. The van der Waals surface area contributed by atoms with Crippen LogP contribution in [0.1, 0.15) is 49.4 Å². The number of benzene rings is 1. The van der Waals surface area contributed by atoms with Gasteiger partial charge >= 0.3 is 0 Å². The van der Waals surface area contributed by atoms with E-state index in [1.54, 1.807) is 7.11 Å². The number of ether oxygens (including phenoxy) is 3. The molecule has 2 heterocycles. The molecule has 2 N–H and O–H groups in total. The Morgan fingerprint density at radius 1 is 1.13 bits per heavy atom. The molecule has 0 amide bonds. The highest BCUT2D eigenvalue weighted by Gasteiger charge is 2.29. The fourth-order valence-corrected chi connectivity index (χ4v) is 4.55. The first-order valence-corrected chi connectivity index (χ1v) is 10.9. The van der Waals surface area contributed by atoms with E-state index in [9.17, 15) is 0 Å². The van der Waals surface area contributed by atoms with Gasteiger partial charge in [-0.05, 0) is 50.7 Å². The normalized spacial score (nSPS) is 20.2. The van der Waals surface area contributed by atoms with Crippen molar-refractivity contribution in [1.29, 1.82) is 0 Å². The number of nitrogen functional groups attached to an aromatic ring is 1. The molecule has 0 spiro atoms. The Kier molecular flexibility index (Phi) is 6.49. The lowest BCUT2D eigenvalue weighted by Gasteiger charge is -2.32. The van der Waals surface area contributed by atoms with E-state index in [1.165, 1.54) is 12.8 Å². The van der Waals surface area contributed by atoms with Crippen molar-refractivity contribution in [3.05, 3.63) is 34.5 Å². The van der Waals surface area contributed by atoms with Crippen LogP contribution in [0.2, 0.25) is 5.02 Å². The Balaban J connectivity index is 1.69. The minimum atomic E-state index is -0.122. The number of rotatable bonds is 5. The minimum Gasteiger partial charge on any atom is -0.493 e. The second-order valence-electron chi connectivity index (χ2n) is 7.91. The van der Waals surface area contributed by atoms with Crippen LogP contribution in [0.4, 0.5) is 11.8 Å². The lowest BCUT2D eigenvalue weighted by atomic mass is 10.0. The molecule has 1 aliphatic carbocycles. The Labute approximate surface area is 182 Å². The highest BCUT2D eigenvalue weighted by molar-refractivity contribution is 6.31. The van der Waals surface area contributed by atoms with Gasteiger partial charge in [0.25, 0.3) is 0 Å². The Morgan fingerprint density at radius 2 is 1.93 bits per heavy atom. The minimum absolute atomic E-state index is 0.122. The molecular formula is C22H29ClN4O3. The third-order valence-corrected chi connectivity index (χ3v) is 6.06. The molecule has 1 aliphatic heterocycles. The molecule has 1 saturated heterocycles. The number of aromatic nitrogens is 2. The van der Waals surface area contributed by atoms with Crippen molar-refractivity contribution in [2.45, 2.75) is 51.2 Å². The summed E-state index contributed by atoms with van der Waals surface area (Å²) < 4.78 is 17.8. The third-order valence-electron chi connectivity index (χ3n) is 5.73. The number of nitrogens with zero attached hydrogens (tertiary/aromatic N) is 3. The molecule has 1 aromatic heterocycles. The molecule has 1 aromatic carbocycles. The summed E-state index contributed by atoms with van der Waals surface area (Å²) in [4.78, 5) is 10.9. The zero-order valence-electron chi connectivity index (χ0n) is 17.6. The molecule has 1 saturated carbocycles. The Morgan fingerprint density at radius 3 is 2.67 bits per heavy atom. The molecule has 1 unspecified atom stereocenters. The predicted molar refractivity (Wildman–Crippen MR) is 118 cm³/mol. The van der Waals surface area contributed by atoms with Crippen molar-refractivity contribution in [3.63, 3.8) is 0 Å². The van der Waals surface area contributed by atoms with Crippen LogP contribution < -0.4 is 20.1 Å². The molecule has 2 fully saturated rings. The van der Waals surface area contributed by atoms with Crippen LogP contribution in [0, 0.1) is 6.92 Å². The Hall–Kier alpha value is -2.25. The quantitative estimate of drug-likeness (QED) is 0.753. The average molecular weight is 433 g/mol. The van der Waals surface area contributed by atoms with Gasteiger partial charge in [0, 0.05) is 36.0 Å². The molecule has 0 bridgehead atoms. The van der Waals surface area contributed by atoms with Crippen molar-refractivity contribution in [2.75, 3.05) is 37.5 Å². The van der Waals surface area contributed by atoms with Gasteiger partial charge in [-0.25, -0.2) is 4.98 Å². The van der Waals surface area contributed by atoms with Crippen LogP contribution in [-0.4, -0.2) is 42.9 Å². The molecule has 162 valence electrons. The fraction of sp³-hybridized carbons (Fsp3) is 0.545. The number of halogens is 1. The molecule has 8 heteroatoms. The number of hydrogen-bond donors (Lipinski definition) is 1. The van der Waals surface area contributed by atoms with E-state index in [0.29, 0.717) is 29.7 Å². The monoisotopic (exact) mass is 432 g/mol. The van der Waals surface area contributed by atoms with Crippen LogP contribution in [0.5, 0.6) is 11.5 Å². The summed E-state index contributed by atoms with van der Waals surface area (Å²) in [7, 11) is 1.66. The molecule has 4 rings (SSSR count). The summed E-state index contributed by atoms with van der Waals surface area (Å²) in [5.74, 6) is 2.42. The first-order valence-electron chi connectivity index (χ1n) is 10.5. The van der Waals surface area contributed by atoms with Gasteiger partial charge in [0.2, 0.25) is 5.95 Å². The molecule has 2 aromatic rings. The molecule has 7 nitrogen and oxygen atoms in total. The van der Waals surface area contributed by atoms with Gasteiger partial charge < -0.3 is 24.8 Å². The lowest BCUT2D eigenvalue weighted by Crippen LogP contribution is -2.32. The van der Waals surface area contributed by atoms with Crippen molar-refractivity contribution in [3.8, 4) is 11.5 Å². The van der Waals surface area contributed by atoms with Gasteiger partial charge in [-0.15, -0.1) is 0 Å². The first kappa shape index (κ1) is 21.0. The van der Waals surface area contributed by atoms with Gasteiger partial charge in [0.1, 0.15) is 5.82 Å². The number of aryl methyl sites for hydroxylation is 1. The summed E-state index contributed by atoms with van der Waals surface area (Å²) in [5.41, 5.74) is 7.66. The summed E-state index contributed by atoms with van der Waals surface area (Å²) in [6, 6.07) is 5.66. The third kappa shape index (κ3) is 4.57. The maximum atomic E-state index is 6.77. The van der Waals surface area contributed by atoms with Gasteiger partial charge in [0.05, 0.1) is 25.9 Å². The SMILES string of the molecule is COc1cc(C2COCCCN2c2cc(C)nc(N)n2)c(Cl)cc1OC1CCCC1. The van der Waals surface area contributed by atoms with Gasteiger partial charge in [-0.2, -0.15) is 4.98 Å². The van der Waals surface area contributed by atoms with Gasteiger partial charge in [-0.3, -0.25) is 0 Å². The largest absolute Gasteiger partial charge is 0.493 e. The van der Waals surface area contributed by atoms with Crippen LogP contribution in [0.15, 0.2) is 18.2 Å². The van der Waals surface area contributed by atoms with E-state index in [2.05, 4.69) is 14.9 Å². The van der Waals surface area contributed by atoms with Crippen LogP contribution in [-0.2, 0) is 4.74 Å². The van der Waals surface area contributed by atoms with Gasteiger partial charge in [-0.1, -0.05) is 11.6 Å². The van der Waals surface area contributed by atoms with Crippen molar-refractivity contribution < 1.29 is 14.2 Å². The maximum Gasteiger partial charge on any atom is 0.222 e. The second kappa shape index (κ2) is 9.27. The van der Waals surface area contributed by atoms with Crippen LogP contribution in [0.3, 0.4) is 0 Å². The van der Waals surface area contributed by atoms with Crippen molar-refractivity contribution in [2.24, 2.45) is 0 Å². The molecular weight excluding hydrogens is 404 g/mol. The highest BCUT2D eigenvalue weighted by atomic mass is 35.5. The number of hydrogen-bond acceptors (Lipinski definition) is 7. The number of methoxy groups -OCH3 is 1. The zero-order chi connectivity index (χ0) is 21.1. The van der Waals surface area contributed by atoms with E-state index in [1.807, 2.05) is 25.1 Å². The van der Waals surface area contributed by atoms with E-state index in [-0.39, 0.29) is 18.1 Å². The summed E-state index contributed by atoms with van der Waals surface area (Å²) >= 11 is 6.77. The second-order valence-corrected chi connectivity index (χ2v) is 8.32. The van der Waals surface area contributed by atoms with E-state index < -0.39 is 0 Å². The van der Waals surface area contributed by atoms with E-state index in [4.69, 9.17) is 31.5 Å². The Bertz CT molecular complexity index is 869. The van der Waals surface area contributed by atoms with Crippen LogP contribution >= 0.6 is 11.6 Å². The lowest BCUT2D eigenvalue weighted by molar-refractivity contribution is 0.134. The molecule has 1 atom stereocenters. The molecule has 0 radical (unpaired) electrons. The first-order chi connectivity index (χ1) is 14.5. The number of nitrogens with two attached hydrogens (primary N) is 1. The summed E-state index contributed by atoms with van der Waals surface area (Å²) in [6.45, 7) is 3.87. The fourth-order valence-electron chi connectivity index (χ4n) is 4.27. The van der Waals surface area contributed by atoms with Gasteiger partial charge in [0.15, 0.2) is 11.5 Å². The zero-order valence-corrected chi connectivity index (χ0v) is 18.3. The predicted octanol–water partition coefficient (Wildman–Crippen LogP) is 4.32. The van der Waals surface area contributed by atoms with Crippen molar-refractivity contribution in [1.82, 2.24) is 9.97 Å². The molecule has 30 heavy (non-hydrogen) atoms. The highest BCUT2D eigenvalue weighted by Crippen LogP contribution is 2.41. The number of anilines is 2. The standard InChI is InChI=1S/C22H29ClN4O3/c1-14-10-21(26-22(24)25-14)27-8-5-9-29-13-18(27)16-11-19(28-2)20(12-17(16)23)30-15-6-3-4-7-15/h10-12,15,18H,3-9,13H2,1-2H3,(H2,24,25,26). The average Bonchev–Trinajstić information content (AvgIpc) is 3.09. The van der Waals surface area contributed by atoms with E-state index in [0.717, 1.165) is 42.9 Å². The van der Waals surface area contributed by atoms with Crippen molar-refractivity contribution >= 4 is 23.4 Å². The maximum absolute atomic E-state index is 6.77. The van der Waals surface area contributed by atoms with E-state index >= 15 is 0 Å². The topological polar surface area (TPSA) is 82.7 Å². The van der Waals surface area contributed by atoms with Crippen LogP contribution in [0.25, 0.3) is 0 Å². The smallest absolute Gasteiger partial charge is 0.222 e. The summed E-state index contributed by atoms with van der Waals surface area (Å²) in [5, 5.41) is 0.628. The molecule has 2 aliphatic rings.